The van der Waals surface area contributed by atoms with Gasteiger partial charge in [-0.2, -0.15) is 0 Å². The predicted molar refractivity (Wildman–Crippen MR) is 78.4 cm³/mol. The van der Waals surface area contributed by atoms with E-state index < -0.39 is 0 Å². The number of nitrogens with two attached hydrogens (primary N) is 1. The van der Waals surface area contributed by atoms with Crippen LogP contribution < -0.4 is 5.73 Å². The Kier molecular flexibility index (Phi) is 4.65. The third kappa shape index (κ3) is 4.02. The first-order valence-corrected chi connectivity index (χ1v) is 7.24. The average molecular weight is 246 g/mol. The summed E-state index contributed by atoms with van der Waals surface area (Å²) in [5.74, 6) is 0.813. The topological polar surface area (TPSA) is 29.3 Å². The van der Waals surface area contributed by atoms with Crippen LogP contribution in [-0.4, -0.2) is 17.5 Å². The highest BCUT2D eigenvalue weighted by atomic mass is 15.2. The fourth-order valence-electron chi connectivity index (χ4n) is 2.43. The Morgan fingerprint density at radius 3 is 2.61 bits per heavy atom. The van der Waals surface area contributed by atoms with Crippen LogP contribution in [0, 0.1) is 5.92 Å². The van der Waals surface area contributed by atoms with Gasteiger partial charge in [-0.05, 0) is 49.8 Å². The Hall–Kier alpha value is -1.02. The minimum Gasteiger partial charge on any atom is -0.398 e. The van der Waals surface area contributed by atoms with Crippen molar-refractivity contribution < 1.29 is 0 Å². The van der Waals surface area contributed by atoms with E-state index in [-0.39, 0.29) is 0 Å². The lowest BCUT2D eigenvalue weighted by Crippen LogP contribution is -2.27. The third-order valence-electron chi connectivity index (χ3n) is 3.72. The molecule has 1 aliphatic rings. The number of para-hydroxylation sites is 1. The highest BCUT2D eigenvalue weighted by Crippen LogP contribution is 2.29. The fourth-order valence-corrected chi connectivity index (χ4v) is 2.43. The van der Waals surface area contributed by atoms with Gasteiger partial charge < -0.3 is 5.73 Å². The number of benzene rings is 1. The number of rotatable bonds is 7. The van der Waals surface area contributed by atoms with Crippen molar-refractivity contribution in [1.82, 2.24) is 4.90 Å². The smallest absolute Gasteiger partial charge is 0.0359 e. The van der Waals surface area contributed by atoms with E-state index in [1.807, 2.05) is 12.1 Å². The van der Waals surface area contributed by atoms with Crippen molar-refractivity contribution in [3.05, 3.63) is 29.8 Å². The molecule has 0 atom stereocenters. The number of hydrogen-bond donors (Lipinski definition) is 1. The van der Waals surface area contributed by atoms with Crippen LogP contribution in [0.5, 0.6) is 0 Å². The van der Waals surface area contributed by atoms with E-state index in [0.29, 0.717) is 0 Å². The molecule has 1 aromatic carbocycles. The van der Waals surface area contributed by atoms with Crippen LogP contribution in [0.1, 0.15) is 45.1 Å². The van der Waals surface area contributed by atoms with Gasteiger partial charge in [0.15, 0.2) is 0 Å². The highest BCUT2D eigenvalue weighted by molar-refractivity contribution is 5.46. The summed E-state index contributed by atoms with van der Waals surface area (Å²) < 4.78 is 0. The molecule has 18 heavy (non-hydrogen) atoms. The van der Waals surface area contributed by atoms with Gasteiger partial charge in [0.25, 0.3) is 0 Å². The van der Waals surface area contributed by atoms with Gasteiger partial charge in [-0.15, -0.1) is 0 Å². The minimum atomic E-state index is 0.813. The van der Waals surface area contributed by atoms with E-state index in [0.717, 1.165) is 24.2 Å². The first-order valence-electron chi connectivity index (χ1n) is 7.24. The zero-order valence-electron chi connectivity index (χ0n) is 11.7. The molecule has 1 fully saturated rings. The molecule has 0 bridgehead atoms. The first kappa shape index (κ1) is 13.4. The summed E-state index contributed by atoms with van der Waals surface area (Å²) in [5.41, 5.74) is 8.26. The largest absolute Gasteiger partial charge is 0.398 e. The molecular weight excluding hydrogens is 220 g/mol. The molecule has 2 rings (SSSR count). The maximum Gasteiger partial charge on any atom is 0.0359 e. The van der Waals surface area contributed by atoms with Gasteiger partial charge in [0.1, 0.15) is 0 Å². The van der Waals surface area contributed by atoms with Crippen LogP contribution in [-0.2, 0) is 6.54 Å². The van der Waals surface area contributed by atoms with E-state index in [4.69, 9.17) is 5.73 Å². The van der Waals surface area contributed by atoms with Gasteiger partial charge in [0, 0.05) is 18.3 Å². The van der Waals surface area contributed by atoms with Gasteiger partial charge in [-0.1, -0.05) is 32.0 Å². The summed E-state index contributed by atoms with van der Waals surface area (Å²) in [7, 11) is 0. The number of nitrogens with zero attached hydrogens (tertiary/aromatic N) is 1. The Morgan fingerprint density at radius 2 is 2.00 bits per heavy atom. The van der Waals surface area contributed by atoms with Gasteiger partial charge >= 0.3 is 0 Å². The van der Waals surface area contributed by atoms with Crippen molar-refractivity contribution in [1.29, 1.82) is 0 Å². The molecule has 0 amide bonds. The van der Waals surface area contributed by atoms with Gasteiger partial charge in [0.2, 0.25) is 0 Å². The van der Waals surface area contributed by atoms with E-state index in [2.05, 4.69) is 30.9 Å². The molecule has 2 N–H and O–H groups in total. The molecule has 0 aromatic heterocycles. The maximum atomic E-state index is 6.04. The molecule has 0 aliphatic heterocycles. The molecule has 100 valence electrons. The quantitative estimate of drug-likeness (QED) is 0.744. The second-order valence-electron chi connectivity index (χ2n) is 5.94. The van der Waals surface area contributed by atoms with Crippen molar-refractivity contribution in [3.63, 3.8) is 0 Å². The average Bonchev–Trinajstić information content (AvgIpc) is 3.14. The lowest BCUT2D eigenvalue weighted by molar-refractivity contribution is 0.245. The summed E-state index contributed by atoms with van der Waals surface area (Å²) in [6.07, 6.45) is 5.37. The second-order valence-corrected chi connectivity index (χ2v) is 5.94. The van der Waals surface area contributed by atoms with Crippen molar-refractivity contribution >= 4 is 5.69 Å². The number of nitrogen functional groups attached to an aromatic ring is 1. The van der Waals surface area contributed by atoms with Gasteiger partial charge in [-0.25, -0.2) is 0 Å². The summed E-state index contributed by atoms with van der Waals surface area (Å²) in [6, 6.07) is 9.09. The standard InChI is InChI=1S/C16H26N2/c1-13(2)6-5-11-18(15-9-10-15)12-14-7-3-4-8-16(14)17/h3-4,7-8,13,15H,5-6,9-12,17H2,1-2H3. The molecule has 1 saturated carbocycles. The first-order chi connectivity index (χ1) is 8.66. The molecule has 2 heteroatoms. The van der Waals surface area contributed by atoms with Crippen LogP contribution in [0.3, 0.4) is 0 Å². The zero-order chi connectivity index (χ0) is 13.0. The van der Waals surface area contributed by atoms with E-state index in [9.17, 15) is 0 Å². The van der Waals surface area contributed by atoms with Crippen LogP contribution in [0.15, 0.2) is 24.3 Å². The molecule has 0 heterocycles. The molecule has 1 aromatic rings. The Bertz CT molecular complexity index is 369. The Labute approximate surface area is 111 Å². The normalized spacial score (nSPS) is 15.6. The second kappa shape index (κ2) is 6.24. The van der Waals surface area contributed by atoms with E-state index in [1.165, 1.54) is 37.8 Å². The SMILES string of the molecule is CC(C)CCCN(Cc1ccccc1N)C1CC1. The molecule has 1 aliphatic carbocycles. The maximum absolute atomic E-state index is 6.04. The Balaban J connectivity index is 1.88. The zero-order valence-corrected chi connectivity index (χ0v) is 11.7. The van der Waals surface area contributed by atoms with Gasteiger partial charge in [0.05, 0.1) is 0 Å². The summed E-state index contributed by atoms with van der Waals surface area (Å²) >= 11 is 0. The van der Waals surface area contributed by atoms with Crippen LogP contribution in [0.25, 0.3) is 0 Å². The minimum absolute atomic E-state index is 0.813. The van der Waals surface area contributed by atoms with Crippen molar-refractivity contribution in [3.8, 4) is 0 Å². The summed E-state index contributed by atoms with van der Waals surface area (Å²) in [6.45, 7) is 6.85. The van der Waals surface area contributed by atoms with Crippen molar-refractivity contribution in [2.24, 2.45) is 5.92 Å². The van der Waals surface area contributed by atoms with E-state index >= 15 is 0 Å². The molecular formula is C16H26N2. The molecule has 0 spiro atoms. The highest BCUT2D eigenvalue weighted by Gasteiger charge is 2.28. The number of hydrogen-bond acceptors (Lipinski definition) is 2. The van der Waals surface area contributed by atoms with E-state index in [1.54, 1.807) is 0 Å². The van der Waals surface area contributed by atoms with Gasteiger partial charge in [-0.3, -0.25) is 4.90 Å². The summed E-state index contributed by atoms with van der Waals surface area (Å²) in [5, 5.41) is 0. The Morgan fingerprint density at radius 1 is 1.28 bits per heavy atom. The molecule has 2 nitrogen and oxygen atoms in total. The lowest BCUT2D eigenvalue weighted by Gasteiger charge is -2.23. The van der Waals surface area contributed by atoms with Crippen molar-refractivity contribution in [2.45, 2.75) is 52.1 Å². The molecule has 0 unspecified atom stereocenters. The molecule has 0 radical (unpaired) electrons. The van der Waals surface area contributed by atoms with Crippen LogP contribution in [0.4, 0.5) is 5.69 Å². The van der Waals surface area contributed by atoms with Crippen LogP contribution >= 0.6 is 0 Å². The van der Waals surface area contributed by atoms with Crippen molar-refractivity contribution in [2.75, 3.05) is 12.3 Å². The third-order valence-corrected chi connectivity index (χ3v) is 3.72. The number of anilines is 1. The molecule has 0 saturated heterocycles. The lowest BCUT2D eigenvalue weighted by atomic mass is 10.1. The predicted octanol–water partition coefficient (Wildman–Crippen LogP) is 3.67. The summed E-state index contributed by atoms with van der Waals surface area (Å²) in [4.78, 5) is 2.62. The van der Waals surface area contributed by atoms with Crippen LogP contribution in [0.2, 0.25) is 0 Å². The fraction of sp³-hybridized carbons (Fsp3) is 0.625. The monoisotopic (exact) mass is 246 g/mol.